The van der Waals surface area contributed by atoms with Crippen LogP contribution in [0.4, 0.5) is 5.82 Å². The number of rotatable bonds is 5. The van der Waals surface area contributed by atoms with Crippen LogP contribution in [0.5, 0.6) is 0 Å². The Morgan fingerprint density at radius 1 is 1.03 bits per heavy atom. The van der Waals surface area contributed by atoms with Gasteiger partial charge in [0.2, 0.25) is 0 Å². The van der Waals surface area contributed by atoms with Gasteiger partial charge in [-0.15, -0.1) is 0 Å². The van der Waals surface area contributed by atoms with Crippen molar-refractivity contribution >= 4 is 61.6 Å². The molecule has 3 aliphatic heterocycles. The summed E-state index contributed by atoms with van der Waals surface area (Å²) in [5.74, 6) is 0.137. The number of hydrogen-bond acceptors (Lipinski definition) is 9. The van der Waals surface area contributed by atoms with Crippen LogP contribution in [-0.4, -0.2) is 81.6 Å². The number of piperazine rings is 1. The number of hydrogen-bond donors (Lipinski definition) is 0. The fourth-order valence-electron chi connectivity index (χ4n) is 5.32. The summed E-state index contributed by atoms with van der Waals surface area (Å²) < 4.78 is 25.9. The van der Waals surface area contributed by atoms with Gasteiger partial charge in [0.05, 0.1) is 28.0 Å². The summed E-state index contributed by atoms with van der Waals surface area (Å²) in [5.41, 5.74) is 1.85. The number of pyridine rings is 1. The predicted octanol–water partition coefficient (Wildman–Crippen LogP) is 2.41. The van der Waals surface area contributed by atoms with Crippen LogP contribution >= 0.6 is 24.0 Å². The van der Waals surface area contributed by atoms with E-state index in [1.165, 1.54) is 14.9 Å². The fraction of sp³-hybridized carbons (Fsp3) is 0.333. The highest BCUT2D eigenvalue weighted by Crippen LogP contribution is 2.37. The number of thiocarbonyl (C=S) groups is 1. The average Bonchev–Trinajstić information content (AvgIpc) is 3.43. The minimum absolute atomic E-state index is 0.0457. The highest BCUT2D eigenvalue weighted by Gasteiger charge is 2.42. The molecule has 2 aromatic heterocycles. The van der Waals surface area contributed by atoms with Crippen molar-refractivity contribution in [2.24, 2.45) is 0 Å². The summed E-state index contributed by atoms with van der Waals surface area (Å²) in [6.45, 7) is 3.84. The van der Waals surface area contributed by atoms with E-state index in [4.69, 9.17) is 17.2 Å². The van der Waals surface area contributed by atoms with Crippen LogP contribution in [0.15, 0.2) is 64.4 Å². The minimum atomic E-state index is -3.19. The van der Waals surface area contributed by atoms with Gasteiger partial charge in [0.15, 0.2) is 9.84 Å². The third-order valence-corrected chi connectivity index (χ3v) is 10.4. The molecule has 1 amide bonds. The smallest absolute Gasteiger partial charge is 0.267 e. The van der Waals surface area contributed by atoms with Gasteiger partial charge >= 0.3 is 0 Å². The van der Waals surface area contributed by atoms with E-state index < -0.39 is 15.9 Å². The van der Waals surface area contributed by atoms with Crippen LogP contribution in [0.25, 0.3) is 11.7 Å². The highest BCUT2D eigenvalue weighted by atomic mass is 32.2. The Balaban J connectivity index is 1.31. The molecule has 12 heteroatoms. The van der Waals surface area contributed by atoms with Gasteiger partial charge in [-0.25, -0.2) is 13.4 Å². The molecule has 39 heavy (non-hydrogen) atoms. The van der Waals surface area contributed by atoms with Gasteiger partial charge in [0.1, 0.15) is 15.8 Å². The number of thioether (sulfide) groups is 1. The van der Waals surface area contributed by atoms with Gasteiger partial charge in [-0.05, 0) is 30.2 Å². The molecule has 0 aliphatic carbocycles. The van der Waals surface area contributed by atoms with E-state index in [1.807, 2.05) is 24.3 Å². The molecule has 0 spiro atoms. The number of benzene rings is 1. The van der Waals surface area contributed by atoms with E-state index in [2.05, 4.69) is 21.9 Å². The second-order valence-corrected chi connectivity index (χ2v) is 13.8. The molecule has 6 rings (SSSR count). The predicted molar refractivity (Wildman–Crippen MR) is 157 cm³/mol. The summed E-state index contributed by atoms with van der Waals surface area (Å²) in [7, 11) is -3.19. The molecule has 0 radical (unpaired) electrons. The Kier molecular flexibility index (Phi) is 7.04. The van der Waals surface area contributed by atoms with Gasteiger partial charge in [-0.2, -0.15) is 0 Å². The molecule has 1 atom stereocenters. The Hall–Kier alpha value is -3.06. The van der Waals surface area contributed by atoms with E-state index in [0.717, 1.165) is 31.4 Å². The first-order valence-electron chi connectivity index (χ1n) is 12.8. The van der Waals surface area contributed by atoms with Gasteiger partial charge in [-0.1, -0.05) is 60.4 Å². The van der Waals surface area contributed by atoms with Crippen molar-refractivity contribution in [2.75, 3.05) is 42.6 Å². The Morgan fingerprint density at radius 3 is 2.49 bits per heavy atom. The third kappa shape index (κ3) is 5.25. The molecule has 9 nitrogen and oxygen atoms in total. The molecule has 0 bridgehead atoms. The standard InChI is InChI=1S/C27H27N5O4S3/c33-25-21(16-22-26(34)32(27(37)38-22)20-9-15-39(35,36)18-20)24(28-23-8-4-5-10-31(23)25)30-13-11-29(12-14-30)17-19-6-2-1-3-7-19/h1-8,10,16,20H,9,11-15,17-18H2. The number of anilines is 1. The molecule has 5 heterocycles. The SMILES string of the molecule is O=C1C(=Cc2c(N3CCN(Cc4ccccc4)CC3)nc3ccccn3c2=O)SC(=S)N1C1CCS(=O)(=O)C1. The largest absolute Gasteiger partial charge is 0.353 e. The van der Waals surface area contributed by atoms with Gasteiger partial charge in [0.25, 0.3) is 11.5 Å². The number of nitrogens with zero attached hydrogens (tertiary/aromatic N) is 5. The lowest BCUT2D eigenvalue weighted by atomic mass is 10.1. The number of fused-ring (bicyclic) bond motifs is 1. The van der Waals surface area contributed by atoms with E-state index >= 15 is 0 Å². The summed E-state index contributed by atoms with van der Waals surface area (Å²) >= 11 is 6.58. The zero-order valence-electron chi connectivity index (χ0n) is 21.1. The summed E-state index contributed by atoms with van der Waals surface area (Å²) in [6, 6.07) is 15.3. The molecular formula is C27H27N5O4S3. The normalized spacial score (nSPS) is 22.9. The Morgan fingerprint density at radius 2 is 1.77 bits per heavy atom. The van der Waals surface area contributed by atoms with E-state index in [9.17, 15) is 18.0 Å². The van der Waals surface area contributed by atoms with Gasteiger partial charge in [0, 0.05) is 38.9 Å². The average molecular weight is 582 g/mol. The van der Waals surface area contributed by atoms with Crippen LogP contribution in [-0.2, 0) is 21.2 Å². The summed E-state index contributed by atoms with van der Waals surface area (Å²) in [5, 5.41) is 0. The molecule has 0 N–H and O–H groups in total. The van der Waals surface area contributed by atoms with Gasteiger partial charge in [-0.3, -0.25) is 23.8 Å². The molecule has 1 aromatic carbocycles. The molecule has 3 fully saturated rings. The maximum atomic E-state index is 13.7. The minimum Gasteiger partial charge on any atom is -0.353 e. The molecule has 202 valence electrons. The van der Waals surface area contributed by atoms with Crippen molar-refractivity contribution in [3.8, 4) is 0 Å². The lowest BCUT2D eigenvalue weighted by Gasteiger charge is -2.36. The van der Waals surface area contributed by atoms with Crippen molar-refractivity contribution in [1.82, 2.24) is 19.2 Å². The van der Waals surface area contributed by atoms with E-state index in [-0.39, 0.29) is 23.0 Å². The first-order chi connectivity index (χ1) is 18.8. The zero-order chi connectivity index (χ0) is 27.1. The molecular weight excluding hydrogens is 555 g/mol. The van der Waals surface area contributed by atoms with Crippen molar-refractivity contribution in [2.45, 2.75) is 19.0 Å². The van der Waals surface area contributed by atoms with Crippen LogP contribution in [0.2, 0.25) is 0 Å². The molecule has 1 unspecified atom stereocenters. The number of carbonyl (C=O) groups excluding carboxylic acids is 1. The second kappa shape index (κ2) is 10.5. The first-order valence-corrected chi connectivity index (χ1v) is 15.8. The number of amides is 1. The van der Waals surface area contributed by atoms with Crippen molar-refractivity contribution < 1.29 is 13.2 Å². The van der Waals surface area contributed by atoms with Crippen LogP contribution in [0, 0.1) is 0 Å². The number of carbonyl (C=O) groups is 1. The van der Waals surface area contributed by atoms with E-state index in [0.29, 0.717) is 45.8 Å². The Bertz CT molecular complexity index is 1650. The number of sulfone groups is 1. The van der Waals surface area contributed by atoms with Crippen LogP contribution < -0.4 is 10.5 Å². The zero-order valence-corrected chi connectivity index (χ0v) is 23.6. The molecule has 0 saturated carbocycles. The lowest BCUT2D eigenvalue weighted by Crippen LogP contribution is -2.47. The summed E-state index contributed by atoms with van der Waals surface area (Å²) in [4.78, 5) is 38.1. The maximum Gasteiger partial charge on any atom is 0.267 e. The topological polar surface area (TPSA) is 95.3 Å². The third-order valence-electron chi connectivity index (χ3n) is 7.34. The number of aromatic nitrogens is 2. The van der Waals surface area contributed by atoms with Crippen LogP contribution in [0.3, 0.4) is 0 Å². The second-order valence-electron chi connectivity index (χ2n) is 9.94. The fourth-order valence-corrected chi connectivity index (χ4v) is 8.40. The Labute approximate surface area is 236 Å². The lowest BCUT2D eigenvalue weighted by molar-refractivity contribution is -0.123. The highest BCUT2D eigenvalue weighted by molar-refractivity contribution is 8.26. The molecule has 3 aromatic rings. The quantitative estimate of drug-likeness (QED) is 0.333. The summed E-state index contributed by atoms with van der Waals surface area (Å²) in [6.07, 6.45) is 3.61. The van der Waals surface area contributed by atoms with E-state index in [1.54, 1.807) is 24.4 Å². The van der Waals surface area contributed by atoms with Crippen molar-refractivity contribution in [3.05, 3.63) is 81.1 Å². The van der Waals surface area contributed by atoms with Crippen molar-refractivity contribution in [3.63, 3.8) is 0 Å². The van der Waals surface area contributed by atoms with Gasteiger partial charge < -0.3 is 4.90 Å². The van der Waals surface area contributed by atoms with Crippen LogP contribution in [0.1, 0.15) is 17.5 Å². The first kappa shape index (κ1) is 26.2. The molecule has 3 saturated heterocycles. The monoisotopic (exact) mass is 581 g/mol. The molecule has 3 aliphatic rings. The van der Waals surface area contributed by atoms with Crippen molar-refractivity contribution in [1.29, 1.82) is 0 Å². The maximum absolute atomic E-state index is 13.7.